The van der Waals surface area contributed by atoms with Crippen LogP contribution in [-0.4, -0.2) is 40.8 Å². The van der Waals surface area contributed by atoms with Gasteiger partial charge in [0.05, 0.1) is 11.9 Å². The summed E-state index contributed by atoms with van der Waals surface area (Å²) in [4.78, 5) is 15.6. The van der Waals surface area contributed by atoms with Gasteiger partial charge in [-0.05, 0) is 63.1 Å². The number of aromatic nitrogens is 2. The molecule has 2 aliphatic rings. The van der Waals surface area contributed by atoms with Gasteiger partial charge in [-0.3, -0.25) is 14.8 Å². The van der Waals surface area contributed by atoms with Crippen molar-refractivity contribution in [1.29, 1.82) is 0 Å². The summed E-state index contributed by atoms with van der Waals surface area (Å²) in [6, 6.07) is 12.0. The van der Waals surface area contributed by atoms with Crippen LogP contribution in [0.1, 0.15) is 39.9 Å². The zero-order valence-electron chi connectivity index (χ0n) is 18.0. The third-order valence-corrected chi connectivity index (χ3v) is 6.31. The Bertz CT molecular complexity index is 1120. The van der Waals surface area contributed by atoms with E-state index in [1.807, 2.05) is 24.4 Å². The average molecular weight is 418 g/mol. The molecule has 0 spiro atoms. The first-order chi connectivity index (χ1) is 15.1. The van der Waals surface area contributed by atoms with Gasteiger partial charge in [0.25, 0.3) is 0 Å². The highest BCUT2D eigenvalue weighted by Crippen LogP contribution is 2.34. The fourth-order valence-electron chi connectivity index (χ4n) is 4.61. The maximum absolute atomic E-state index is 13.2. The van der Waals surface area contributed by atoms with Gasteiger partial charge in [0.2, 0.25) is 6.79 Å². The Morgan fingerprint density at radius 2 is 2.03 bits per heavy atom. The molecule has 0 amide bonds. The molecule has 1 atom stereocenters. The monoisotopic (exact) mass is 417 g/mol. The summed E-state index contributed by atoms with van der Waals surface area (Å²) in [5.41, 5.74) is 6.60. The van der Waals surface area contributed by atoms with Gasteiger partial charge in [-0.1, -0.05) is 17.7 Å². The summed E-state index contributed by atoms with van der Waals surface area (Å²) >= 11 is 0. The van der Waals surface area contributed by atoms with Crippen molar-refractivity contribution in [3.05, 3.63) is 64.8 Å². The number of benzene rings is 2. The second kappa shape index (κ2) is 8.19. The summed E-state index contributed by atoms with van der Waals surface area (Å²) in [5, 5.41) is 7.52. The number of nitrogens with zero attached hydrogens (tertiary/aromatic N) is 2. The first kappa shape index (κ1) is 19.8. The lowest BCUT2D eigenvalue weighted by Crippen LogP contribution is -2.38. The van der Waals surface area contributed by atoms with Crippen molar-refractivity contribution in [2.45, 2.75) is 33.2 Å². The predicted molar refractivity (Wildman–Crippen MR) is 118 cm³/mol. The van der Waals surface area contributed by atoms with Gasteiger partial charge in [-0.15, -0.1) is 0 Å². The van der Waals surface area contributed by atoms with Crippen LogP contribution < -0.4 is 9.47 Å². The van der Waals surface area contributed by atoms with Crippen molar-refractivity contribution in [2.24, 2.45) is 5.92 Å². The number of ketones is 1. The van der Waals surface area contributed by atoms with Crippen LogP contribution in [0, 0.1) is 19.8 Å². The number of rotatable bonds is 5. The van der Waals surface area contributed by atoms with Gasteiger partial charge < -0.3 is 9.47 Å². The predicted octanol–water partition coefficient (Wildman–Crippen LogP) is 4.52. The Balaban J connectivity index is 1.31. The first-order valence-electron chi connectivity index (χ1n) is 10.8. The molecule has 0 bridgehead atoms. The molecular formula is C25H27N3O3. The van der Waals surface area contributed by atoms with Crippen LogP contribution in [0.25, 0.3) is 11.3 Å². The normalized spacial score (nSPS) is 18.3. The van der Waals surface area contributed by atoms with Crippen LogP contribution in [0.5, 0.6) is 11.5 Å². The quantitative estimate of drug-likeness (QED) is 0.619. The SMILES string of the molecule is Cc1ccc(C)c(-c2[nH]ncc2CN2CCC[C@@H](C(=O)c3ccc4c(c3)OCO4)C2)c1. The summed E-state index contributed by atoms with van der Waals surface area (Å²) in [6.45, 7) is 6.98. The van der Waals surface area contributed by atoms with Crippen LogP contribution in [0.2, 0.25) is 0 Å². The molecule has 1 N–H and O–H groups in total. The highest BCUT2D eigenvalue weighted by Gasteiger charge is 2.28. The van der Waals surface area contributed by atoms with Crippen molar-refractivity contribution in [3.8, 4) is 22.8 Å². The summed E-state index contributed by atoms with van der Waals surface area (Å²) in [6.07, 6.45) is 3.84. The fourth-order valence-corrected chi connectivity index (χ4v) is 4.61. The molecule has 0 aliphatic carbocycles. The highest BCUT2D eigenvalue weighted by molar-refractivity contribution is 5.98. The highest BCUT2D eigenvalue weighted by atomic mass is 16.7. The first-order valence-corrected chi connectivity index (χ1v) is 10.8. The second-order valence-corrected chi connectivity index (χ2v) is 8.60. The van der Waals surface area contributed by atoms with E-state index < -0.39 is 0 Å². The number of aromatic amines is 1. The number of carbonyl (C=O) groups is 1. The van der Waals surface area contributed by atoms with Crippen LogP contribution >= 0.6 is 0 Å². The van der Waals surface area contributed by atoms with Crippen LogP contribution in [0.15, 0.2) is 42.6 Å². The van der Waals surface area contributed by atoms with E-state index in [1.54, 1.807) is 0 Å². The molecule has 3 heterocycles. The van der Waals surface area contributed by atoms with E-state index >= 15 is 0 Å². The number of aryl methyl sites for hydroxylation is 2. The molecule has 0 unspecified atom stereocenters. The Kier molecular flexibility index (Phi) is 5.24. The van der Waals surface area contributed by atoms with E-state index in [1.165, 1.54) is 22.3 Å². The summed E-state index contributed by atoms with van der Waals surface area (Å²) in [5.74, 6) is 1.55. The minimum atomic E-state index is -0.00909. The van der Waals surface area contributed by atoms with Crippen LogP contribution in [0.4, 0.5) is 0 Å². The molecule has 1 aromatic heterocycles. The summed E-state index contributed by atoms with van der Waals surface area (Å²) < 4.78 is 10.8. The number of likely N-dealkylation sites (tertiary alicyclic amines) is 1. The molecular weight excluding hydrogens is 390 g/mol. The molecule has 3 aromatic rings. The number of hydrogen-bond acceptors (Lipinski definition) is 5. The molecule has 1 saturated heterocycles. The standard InChI is InChI=1S/C25H27N3O3/c1-16-5-6-17(2)21(10-16)24-20(12-26-27-24)14-28-9-3-4-19(13-28)25(29)18-7-8-22-23(11-18)31-15-30-22/h5-8,10-12,19H,3-4,9,13-15H2,1-2H3,(H,26,27)/t19-/m1/s1. The molecule has 6 nitrogen and oxygen atoms in total. The van der Waals surface area contributed by atoms with Gasteiger partial charge in [0, 0.05) is 35.7 Å². The van der Waals surface area contributed by atoms with Gasteiger partial charge in [0.1, 0.15) is 0 Å². The average Bonchev–Trinajstić information content (AvgIpc) is 3.44. The fraction of sp³-hybridized carbons (Fsp3) is 0.360. The molecule has 2 aromatic carbocycles. The van der Waals surface area contributed by atoms with Crippen molar-refractivity contribution in [3.63, 3.8) is 0 Å². The number of fused-ring (bicyclic) bond motifs is 1. The number of Topliss-reactive ketones (excluding diaryl/α,β-unsaturated/α-hetero) is 1. The Hall–Kier alpha value is -3.12. The van der Waals surface area contributed by atoms with Gasteiger partial charge in [0.15, 0.2) is 17.3 Å². The molecule has 6 heteroatoms. The van der Waals surface area contributed by atoms with Crippen LogP contribution in [0.3, 0.4) is 0 Å². The summed E-state index contributed by atoms with van der Waals surface area (Å²) in [7, 11) is 0. The van der Waals surface area contributed by atoms with E-state index in [9.17, 15) is 4.79 Å². The Morgan fingerprint density at radius 1 is 1.16 bits per heavy atom. The zero-order valence-corrected chi connectivity index (χ0v) is 18.0. The number of hydrogen-bond donors (Lipinski definition) is 1. The molecule has 31 heavy (non-hydrogen) atoms. The minimum Gasteiger partial charge on any atom is -0.454 e. The zero-order chi connectivity index (χ0) is 21.4. The number of H-pyrrole nitrogens is 1. The Labute approximate surface area is 182 Å². The molecule has 1 fully saturated rings. The van der Waals surface area contributed by atoms with Crippen molar-refractivity contribution in [2.75, 3.05) is 19.9 Å². The Morgan fingerprint density at radius 3 is 2.94 bits per heavy atom. The number of nitrogens with one attached hydrogen (secondary N) is 1. The van der Waals surface area contributed by atoms with E-state index in [-0.39, 0.29) is 18.5 Å². The minimum absolute atomic E-state index is 0.00909. The number of piperidine rings is 1. The molecule has 2 aliphatic heterocycles. The van der Waals surface area contributed by atoms with Crippen molar-refractivity contribution in [1.82, 2.24) is 15.1 Å². The second-order valence-electron chi connectivity index (χ2n) is 8.60. The molecule has 5 rings (SSSR count). The third kappa shape index (κ3) is 3.95. The smallest absolute Gasteiger partial charge is 0.231 e. The lowest BCUT2D eigenvalue weighted by atomic mass is 9.89. The van der Waals surface area contributed by atoms with E-state index in [4.69, 9.17) is 9.47 Å². The van der Waals surface area contributed by atoms with Crippen molar-refractivity contribution < 1.29 is 14.3 Å². The third-order valence-electron chi connectivity index (χ3n) is 6.31. The van der Waals surface area contributed by atoms with E-state index in [0.29, 0.717) is 17.1 Å². The van der Waals surface area contributed by atoms with Gasteiger partial charge >= 0.3 is 0 Å². The maximum Gasteiger partial charge on any atom is 0.231 e. The van der Waals surface area contributed by atoms with Crippen LogP contribution in [-0.2, 0) is 6.54 Å². The molecule has 0 radical (unpaired) electrons. The van der Waals surface area contributed by atoms with E-state index in [0.717, 1.165) is 38.2 Å². The maximum atomic E-state index is 13.2. The largest absolute Gasteiger partial charge is 0.454 e. The number of ether oxygens (including phenoxy) is 2. The topological polar surface area (TPSA) is 67.5 Å². The van der Waals surface area contributed by atoms with Gasteiger partial charge in [-0.2, -0.15) is 5.10 Å². The van der Waals surface area contributed by atoms with Gasteiger partial charge in [-0.25, -0.2) is 0 Å². The molecule has 160 valence electrons. The molecule has 0 saturated carbocycles. The number of carbonyl (C=O) groups excluding carboxylic acids is 1. The lowest BCUT2D eigenvalue weighted by Gasteiger charge is -2.32. The lowest BCUT2D eigenvalue weighted by molar-refractivity contribution is 0.0811. The van der Waals surface area contributed by atoms with E-state index in [2.05, 4.69) is 47.1 Å². The van der Waals surface area contributed by atoms with Crippen molar-refractivity contribution >= 4 is 5.78 Å².